The second-order valence-corrected chi connectivity index (χ2v) is 4.62. The van der Waals surface area contributed by atoms with E-state index >= 15 is 0 Å². The van der Waals surface area contributed by atoms with E-state index in [1.165, 1.54) is 0 Å². The summed E-state index contributed by atoms with van der Waals surface area (Å²) in [5, 5.41) is 3.93. The summed E-state index contributed by atoms with van der Waals surface area (Å²) in [5.41, 5.74) is 0. The smallest absolute Gasteiger partial charge is 0.106 e. The summed E-state index contributed by atoms with van der Waals surface area (Å²) < 4.78 is 0. The van der Waals surface area contributed by atoms with Gasteiger partial charge in [0.1, 0.15) is 47.1 Å². The fourth-order valence-electron chi connectivity index (χ4n) is 1.12. The molecule has 0 saturated carbocycles. The van der Waals surface area contributed by atoms with Crippen LogP contribution >= 0.6 is 0 Å². The SMILES string of the molecule is BC(B)(B)NC(B)(B)B. The van der Waals surface area contributed by atoms with Crippen molar-refractivity contribution in [1.29, 1.82) is 0 Å². The summed E-state index contributed by atoms with van der Waals surface area (Å²) in [5.74, 6) is 0. The fourth-order valence-corrected chi connectivity index (χ4v) is 1.12. The molecule has 0 aliphatic rings. The van der Waals surface area contributed by atoms with E-state index in [0.717, 1.165) is 0 Å². The van der Waals surface area contributed by atoms with E-state index in [1.807, 2.05) is 0 Å². The van der Waals surface area contributed by atoms with Crippen LogP contribution in [0.5, 0.6) is 0 Å². The summed E-state index contributed by atoms with van der Waals surface area (Å²) in [6.07, 6.45) is 0. The number of nitrogens with one attached hydrogen (secondary N) is 1. The second-order valence-electron chi connectivity index (χ2n) is 4.62. The number of hydrogen-bond acceptors (Lipinski definition) is 1. The van der Waals surface area contributed by atoms with E-state index in [4.69, 9.17) is 0 Å². The molecule has 0 atom stereocenters. The highest BCUT2D eigenvalue weighted by Crippen LogP contribution is 1.89. The molecule has 0 aliphatic carbocycles. The molecule has 0 amide bonds. The van der Waals surface area contributed by atoms with Gasteiger partial charge in [-0.3, -0.25) is 0 Å². The molecular weight excluding hydrogens is 103 g/mol. The first-order valence-electron chi connectivity index (χ1n) is 3.50. The minimum atomic E-state index is 0.234. The molecule has 1 N–H and O–H groups in total. The highest BCUT2D eigenvalue weighted by atomic mass is 14.9. The van der Waals surface area contributed by atoms with Crippen LogP contribution in [0.1, 0.15) is 0 Å². The summed E-state index contributed by atoms with van der Waals surface area (Å²) in [6, 6.07) is 0. The highest BCUT2D eigenvalue weighted by Gasteiger charge is 2.18. The van der Waals surface area contributed by atoms with Crippen molar-refractivity contribution in [3.63, 3.8) is 0 Å². The highest BCUT2D eigenvalue weighted by molar-refractivity contribution is 6.63. The molecule has 9 heavy (non-hydrogen) atoms. The molecule has 0 fully saturated rings. The molecule has 0 aromatic rings. The van der Waals surface area contributed by atoms with Crippen LogP contribution in [0, 0.1) is 0 Å². The molecule has 0 saturated heterocycles. The molecule has 44 valence electrons. The Bertz CT molecular complexity index is 76.2. The predicted molar refractivity (Wildman–Crippen MR) is 59.9 cm³/mol. The van der Waals surface area contributed by atoms with Crippen molar-refractivity contribution in [2.45, 2.75) is 10.5 Å². The maximum Gasteiger partial charge on any atom is 0.106 e. The van der Waals surface area contributed by atoms with Gasteiger partial charge in [-0.2, -0.15) is 0 Å². The van der Waals surface area contributed by atoms with E-state index in [2.05, 4.69) is 52.4 Å². The van der Waals surface area contributed by atoms with Crippen LogP contribution in [0.4, 0.5) is 0 Å². The van der Waals surface area contributed by atoms with Crippen molar-refractivity contribution in [2.24, 2.45) is 0 Å². The molecule has 0 unspecified atom stereocenters. The van der Waals surface area contributed by atoms with Crippen molar-refractivity contribution in [3.8, 4) is 0 Å². The zero-order valence-corrected chi connectivity index (χ0v) is 7.50. The maximum atomic E-state index is 3.46. The molecule has 0 aromatic carbocycles. The minimum Gasteiger partial charge on any atom is -0.351 e. The minimum absolute atomic E-state index is 0.234. The fraction of sp³-hybridized carbons (Fsp3) is 1.00. The Morgan fingerprint density at radius 2 is 0.889 bits per heavy atom. The molecule has 0 heterocycles. The van der Waals surface area contributed by atoms with E-state index in [9.17, 15) is 0 Å². The molecule has 0 spiro atoms. The van der Waals surface area contributed by atoms with Gasteiger partial charge in [0.05, 0.1) is 0 Å². The zero-order chi connectivity index (χ0) is 7.71. The van der Waals surface area contributed by atoms with Gasteiger partial charge < -0.3 is 5.32 Å². The number of rotatable bonds is 2. The van der Waals surface area contributed by atoms with Gasteiger partial charge in [-0.05, 0) is 0 Å². The van der Waals surface area contributed by atoms with Crippen LogP contribution < -0.4 is 5.32 Å². The predicted octanol–water partition coefficient (Wildman–Crippen LogP) is -6.40. The molecule has 0 bridgehead atoms. The average molecular weight is 116 g/mol. The lowest BCUT2D eigenvalue weighted by Gasteiger charge is -2.32. The van der Waals surface area contributed by atoms with Gasteiger partial charge in [0.25, 0.3) is 0 Å². The van der Waals surface area contributed by atoms with Crippen molar-refractivity contribution >= 4 is 47.1 Å². The van der Waals surface area contributed by atoms with E-state index in [0.29, 0.717) is 0 Å². The largest absolute Gasteiger partial charge is 0.351 e. The molecule has 1 nitrogen and oxygen atoms in total. The van der Waals surface area contributed by atoms with Gasteiger partial charge >= 0.3 is 0 Å². The van der Waals surface area contributed by atoms with Crippen LogP contribution in [0.3, 0.4) is 0 Å². The first-order chi connectivity index (χ1) is 3.71. The topological polar surface area (TPSA) is 12.0 Å². The van der Waals surface area contributed by atoms with Gasteiger partial charge in [-0.15, -0.1) is 0 Å². The first kappa shape index (κ1) is 9.35. The summed E-state index contributed by atoms with van der Waals surface area (Å²) in [6.45, 7) is 0. The van der Waals surface area contributed by atoms with Crippen LogP contribution in [0.25, 0.3) is 0 Å². The van der Waals surface area contributed by atoms with Crippen molar-refractivity contribution in [1.82, 2.24) is 5.32 Å². The monoisotopic (exact) mass is 117 g/mol. The van der Waals surface area contributed by atoms with E-state index in [-0.39, 0.29) is 10.5 Å². The summed E-state index contributed by atoms with van der Waals surface area (Å²) in [4.78, 5) is 0. The molecule has 0 aromatic heterocycles. The van der Waals surface area contributed by atoms with Crippen LogP contribution in [-0.4, -0.2) is 57.6 Å². The Morgan fingerprint density at radius 3 is 0.889 bits per heavy atom. The van der Waals surface area contributed by atoms with E-state index < -0.39 is 0 Å². The van der Waals surface area contributed by atoms with Crippen molar-refractivity contribution in [3.05, 3.63) is 0 Å². The lowest BCUT2D eigenvalue weighted by atomic mass is 9.42. The van der Waals surface area contributed by atoms with Gasteiger partial charge in [0.2, 0.25) is 0 Å². The van der Waals surface area contributed by atoms with Gasteiger partial charge in [-0.1, -0.05) is 10.5 Å². The standard InChI is InChI=1S/C2H13B6N/c3-1(4,5)9-2(6,7)8/h9H,3-8H2. The Labute approximate surface area is 63.6 Å². The average Bonchev–Trinajstić information content (AvgIpc) is 1.14. The van der Waals surface area contributed by atoms with Crippen LogP contribution in [-0.2, 0) is 0 Å². The Hall–Kier alpha value is 0.350. The van der Waals surface area contributed by atoms with Crippen molar-refractivity contribution < 1.29 is 0 Å². The Balaban J connectivity index is 3.75. The van der Waals surface area contributed by atoms with Gasteiger partial charge in [0, 0.05) is 0 Å². The molecule has 0 aliphatic heterocycles. The normalized spacial score (nSPS) is 13.3. The van der Waals surface area contributed by atoms with Crippen LogP contribution in [0.2, 0.25) is 0 Å². The first-order valence-corrected chi connectivity index (χ1v) is 3.50. The Kier molecular flexibility index (Phi) is 2.63. The molecule has 0 rings (SSSR count). The number of hydrogen-bond donors (Lipinski definition) is 1. The zero-order valence-electron chi connectivity index (χ0n) is 7.50. The lowest BCUT2D eigenvalue weighted by Crippen LogP contribution is -2.60. The van der Waals surface area contributed by atoms with Crippen LogP contribution in [0.15, 0.2) is 0 Å². The lowest BCUT2D eigenvalue weighted by molar-refractivity contribution is 0.740. The third-order valence-corrected chi connectivity index (χ3v) is 0.750. The Morgan fingerprint density at radius 1 is 0.667 bits per heavy atom. The quantitative estimate of drug-likeness (QED) is 0.354. The molecule has 7 heteroatoms. The second kappa shape index (κ2) is 2.53. The van der Waals surface area contributed by atoms with Crippen molar-refractivity contribution in [2.75, 3.05) is 0 Å². The third-order valence-electron chi connectivity index (χ3n) is 0.750. The third kappa shape index (κ3) is 8.35. The molecule has 0 radical (unpaired) electrons. The van der Waals surface area contributed by atoms with Gasteiger partial charge in [0.15, 0.2) is 0 Å². The summed E-state index contributed by atoms with van der Waals surface area (Å²) >= 11 is 0. The van der Waals surface area contributed by atoms with Gasteiger partial charge in [-0.25, -0.2) is 0 Å². The summed E-state index contributed by atoms with van der Waals surface area (Å²) in [7, 11) is 13.1. The van der Waals surface area contributed by atoms with E-state index in [1.54, 1.807) is 0 Å². The maximum absolute atomic E-state index is 3.46. The molecular formula is C2H13B6N.